The van der Waals surface area contributed by atoms with Gasteiger partial charge in [0.25, 0.3) is 0 Å². The van der Waals surface area contributed by atoms with Gasteiger partial charge < -0.3 is 10.6 Å². The first kappa shape index (κ1) is 19.9. The predicted molar refractivity (Wildman–Crippen MR) is 105 cm³/mol. The zero-order valence-electron chi connectivity index (χ0n) is 16.6. The Hall–Kier alpha value is -1.89. The van der Waals surface area contributed by atoms with Crippen LogP contribution in [0.2, 0.25) is 0 Å². The number of aromatic nitrogens is 2. The second kappa shape index (κ2) is 9.35. The monoisotopic (exact) mass is 375 g/mol. The van der Waals surface area contributed by atoms with Gasteiger partial charge in [0.1, 0.15) is 5.82 Å². The van der Waals surface area contributed by atoms with Crippen molar-refractivity contribution >= 4 is 17.6 Å². The Morgan fingerprint density at radius 1 is 1.19 bits per heavy atom. The molecule has 3 rings (SSSR count). The molecule has 27 heavy (non-hydrogen) atoms. The molecule has 2 heterocycles. The van der Waals surface area contributed by atoms with Crippen LogP contribution in [-0.4, -0.2) is 52.7 Å². The normalized spacial score (nSPS) is 19.5. The first-order chi connectivity index (χ1) is 13.0. The molecule has 1 saturated heterocycles. The maximum absolute atomic E-state index is 12.4. The molecule has 0 aromatic carbocycles. The molecule has 7 heteroatoms. The van der Waals surface area contributed by atoms with Crippen molar-refractivity contribution in [3.05, 3.63) is 12.3 Å². The van der Waals surface area contributed by atoms with Crippen LogP contribution in [0.1, 0.15) is 58.4 Å². The molecule has 0 bridgehead atoms. The van der Waals surface area contributed by atoms with Crippen molar-refractivity contribution in [3.8, 4) is 0 Å². The van der Waals surface area contributed by atoms with Crippen LogP contribution < -0.4 is 10.6 Å². The van der Waals surface area contributed by atoms with Gasteiger partial charge in [-0.2, -0.15) is 5.10 Å². The largest absolute Gasteiger partial charge is 0.355 e. The Morgan fingerprint density at radius 2 is 1.89 bits per heavy atom. The number of carbonyl (C=O) groups excluding carboxylic acids is 2. The first-order valence-electron chi connectivity index (χ1n) is 10.4. The molecule has 1 aliphatic heterocycles. The number of anilines is 1. The van der Waals surface area contributed by atoms with Crippen molar-refractivity contribution in [2.75, 3.05) is 31.5 Å². The zero-order valence-corrected chi connectivity index (χ0v) is 16.6. The summed E-state index contributed by atoms with van der Waals surface area (Å²) in [6.45, 7) is 7.12. The summed E-state index contributed by atoms with van der Waals surface area (Å²) in [6, 6.07) is 2.16. The maximum atomic E-state index is 12.4. The summed E-state index contributed by atoms with van der Waals surface area (Å²) in [6.07, 6.45) is 7.93. The molecule has 0 unspecified atom stereocenters. The highest BCUT2D eigenvalue weighted by molar-refractivity contribution is 5.91. The second-order valence-electron chi connectivity index (χ2n) is 8.34. The minimum atomic E-state index is 0.103. The molecule has 2 amide bonds. The minimum Gasteiger partial charge on any atom is -0.355 e. The molecule has 2 N–H and O–H groups in total. The molecule has 0 radical (unpaired) electrons. The topological polar surface area (TPSA) is 79.3 Å². The van der Waals surface area contributed by atoms with E-state index in [4.69, 9.17) is 0 Å². The van der Waals surface area contributed by atoms with Crippen LogP contribution in [0.25, 0.3) is 0 Å². The lowest BCUT2D eigenvalue weighted by Gasteiger charge is -2.32. The van der Waals surface area contributed by atoms with E-state index in [1.807, 2.05) is 10.7 Å². The molecule has 1 saturated carbocycles. The SMILES string of the molecule is CC(C)CNC(=O)CN1CCC(n2nccc2NC(=O)C2CCCC2)CC1. The van der Waals surface area contributed by atoms with Gasteiger partial charge in [0.2, 0.25) is 11.8 Å². The Bertz CT molecular complexity index is 628. The molecule has 2 fully saturated rings. The van der Waals surface area contributed by atoms with Gasteiger partial charge in [-0.25, -0.2) is 4.68 Å². The third-order valence-corrected chi connectivity index (χ3v) is 5.63. The molecule has 1 aromatic heterocycles. The van der Waals surface area contributed by atoms with Crippen molar-refractivity contribution in [3.63, 3.8) is 0 Å². The van der Waals surface area contributed by atoms with Crippen molar-refractivity contribution in [2.24, 2.45) is 11.8 Å². The van der Waals surface area contributed by atoms with Gasteiger partial charge in [-0.1, -0.05) is 26.7 Å². The number of rotatable bonds is 7. The average molecular weight is 376 g/mol. The van der Waals surface area contributed by atoms with Crippen LogP contribution in [0.3, 0.4) is 0 Å². The van der Waals surface area contributed by atoms with Crippen LogP contribution in [0.4, 0.5) is 5.82 Å². The highest BCUT2D eigenvalue weighted by atomic mass is 16.2. The summed E-state index contributed by atoms with van der Waals surface area (Å²) < 4.78 is 1.96. The zero-order chi connectivity index (χ0) is 19.2. The minimum absolute atomic E-state index is 0.103. The third kappa shape index (κ3) is 5.54. The van der Waals surface area contributed by atoms with Crippen LogP contribution in [0.15, 0.2) is 12.3 Å². The predicted octanol–water partition coefficient (Wildman–Crippen LogP) is 2.42. The van der Waals surface area contributed by atoms with Gasteiger partial charge >= 0.3 is 0 Å². The molecule has 1 aromatic rings. The van der Waals surface area contributed by atoms with Gasteiger partial charge in [-0.05, 0) is 31.6 Å². The van der Waals surface area contributed by atoms with E-state index in [0.29, 0.717) is 12.5 Å². The lowest BCUT2D eigenvalue weighted by Crippen LogP contribution is -2.42. The van der Waals surface area contributed by atoms with Crippen molar-refractivity contribution < 1.29 is 9.59 Å². The fraction of sp³-hybridized carbons (Fsp3) is 0.750. The standard InChI is InChI=1S/C20H33N5O2/c1-15(2)13-21-19(26)14-24-11-8-17(9-12-24)25-18(7-10-22-25)23-20(27)16-5-3-4-6-16/h7,10,15-17H,3-6,8-9,11-14H2,1-2H3,(H,21,26)(H,23,27). The van der Waals surface area contributed by atoms with E-state index in [9.17, 15) is 9.59 Å². The summed E-state index contributed by atoms with van der Waals surface area (Å²) in [5, 5.41) is 10.5. The number of likely N-dealkylation sites (tertiary alicyclic amines) is 1. The number of nitrogens with zero attached hydrogens (tertiary/aromatic N) is 3. The quantitative estimate of drug-likeness (QED) is 0.767. The Kier molecular flexibility index (Phi) is 6.88. The van der Waals surface area contributed by atoms with E-state index in [1.165, 1.54) is 0 Å². The second-order valence-corrected chi connectivity index (χ2v) is 8.34. The first-order valence-corrected chi connectivity index (χ1v) is 10.4. The molecule has 150 valence electrons. The van der Waals surface area contributed by atoms with Gasteiger partial charge in [0.05, 0.1) is 18.8 Å². The van der Waals surface area contributed by atoms with E-state index in [-0.39, 0.29) is 23.8 Å². The lowest BCUT2D eigenvalue weighted by atomic mass is 10.1. The van der Waals surface area contributed by atoms with Crippen molar-refractivity contribution in [1.82, 2.24) is 20.0 Å². The fourth-order valence-electron chi connectivity index (χ4n) is 4.02. The van der Waals surface area contributed by atoms with Crippen LogP contribution in [0, 0.1) is 11.8 Å². The maximum Gasteiger partial charge on any atom is 0.234 e. The number of hydrogen-bond acceptors (Lipinski definition) is 4. The summed E-state index contributed by atoms with van der Waals surface area (Å²) in [5.41, 5.74) is 0. The summed E-state index contributed by atoms with van der Waals surface area (Å²) in [7, 11) is 0. The molecular weight excluding hydrogens is 342 g/mol. The lowest BCUT2D eigenvalue weighted by molar-refractivity contribution is -0.123. The van der Waals surface area contributed by atoms with E-state index in [0.717, 1.165) is 64.0 Å². The summed E-state index contributed by atoms with van der Waals surface area (Å²) >= 11 is 0. The molecule has 1 aliphatic carbocycles. The molecule has 2 aliphatic rings. The molecular formula is C20H33N5O2. The molecule has 7 nitrogen and oxygen atoms in total. The summed E-state index contributed by atoms with van der Waals surface area (Å²) in [4.78, 5) is 26.6. The van der Waals surface area contributed by atoms with Crippen LogP contribution in [-0.2, 0) is 9.59 Å². The van der Waals surface area contributed by atoms with Crippen LogP contribution >= 0.6 is 0 Å². The third-order valence-electron chi connectivity index (χ3n) is 5.63. The number of hydrogen-bond donors (Lipinski definition) is 2. The Labute approximate surface area is 161 Å². The van der Waals surface area contributed by atoms with Gasteiger partial charge in [0.15, 0.2) is 0 Å². The van der Waals surface area contributed by atoms with Gasteiger partial charge in [0, 0.05) is 31.6 Å². The highest BCUT2D eigenvalue weighted by Gasteiger charge is 2.26. The Balaban J connectivity index is 1.48. The summed E-state index contributed by atoms with van der Waals surface area (Å²) in [5.74, 6) is 1.66. The smallest absolute Gasteiger partial charge is 0.234 e. The van der Waals surface area contributed by atoms with Crippen molar-refractivity contribution in [1.29, 1.82) is 0 Å². The van der Waals surface area contributed by atoms with E-state index < -0.39 is 0 Å². The van der Waals surface area contributed by atoms with Crippen molar-refractivity contribution in [2.45, 2.75) is 58.4 Å². The Morgan fingerprint density at radius 3 is 2.56 bits per heavy atom. The number of piperidine rings is 1. The average Bonchev–Trinajstić information content (AvgIpc) is 3.32. The van der Waals surface area contributed by atoms with E-state index >= 15 is 0 Å². The van der Waals surface area contributed by atoms with Gasteiger partial charge in [-0.15, -0.1) is 0 Å². The van der Waals surface area contributed by atoms with Crippen LogP contribution in [0.5, 0.6) is 0 Å². The number of carbonyl (C=O) groups is 2. The van der Waals surface area contributed by atoms with E-state index in [1.54, 1.807) is 6.20 Å². The number of nitrogens with one attached hydrogen (secondary N) is 2. The molecule has 0 atom stereocenters. The van der Waals surface area contributed by atoms with E-state index in [2.05, 4.69) is 34.5 Å². The fourth-order valence-corrected chi connectivity index (χ4v) is 4.02. The van der Waals surface area contributed by atoms with Gasteiger partial charge in [-0.3, -0.25) is 14.5 Å². The molecule has 0 spiro atoms. The number of amides is 2. The highest BCUT2D eigenvalue weighted by Crippen LogP contribution is 2.28.